The predicted molar refractivity (Wildman–Crippen MR) is 107 cm³/mol. The highest BCUT2D eigenvalue weighted by atomic mass is 32.2. The third-order valence-corrected chi connectivity index (χ3v) is 7.11. The van der Waals surface area contributed by atoms with Crippen LogP contribution >= 0.6 is 11.8 Å². The Morgan fingerprint density at radius 2 is 1.96 bits per heavy atom. The van der Waals surface area contributed by atoms with Gasteiger partial charge in [0.1, 0.15) is 5.75 Å². The maximum atomic E-state index is 13.0. The van der Waals surface area contributed by atoms with Crippen LogP contribution in [0.3, 0.4) is 0 Å². The average Bonchev–Trinajstić information content (AvgIpc) is 2.67. The summed E-state index contributed by atoms with van der Waals surface area (Å²) in [6, 6.07) is 10.5. The van der Waals surface area contributed by atoms with Crippen molar-refractivity contribution in [1.29, 1.82) is 0 Å². The lowest BCUT2D eigenvalue weighted by Gasteiger charge is -2.21. The number of carbonyl (C=O) groups excluding carboxylic acids is 1. The lowest BCUT2D eigenvalue weighted by atomic mass is 10.0. The van der Waals surface area contributed by atoms with Gasteiger partial charge in [-0.05, 0) is 54.1 Å². The van der Waals surface area contributed by atoms with E-state index >= 15 is 0 Å². The molecule has 0 spiro atoms. The van der Waals surface area contributed by atoms with Gasteiger partial charge in [-0.15, -0.1) is 11.8 Å². The van der Waals surface area contributed by atoms with Crippen LogP contribution in [0, 0.1) is 0 Å². The number of amides is 1. The Morgan fingerprint density at radius 1 is 1.19 bits per heavy atom. The number of sulfonamides is 1. The van der Waals surface area contributed by atoms with Crippen LogP contribution < -0.4 is 10.1 Å². The summed E-state index contributed by atoms with van der Waals surface area (Å²) in [6.45, 7) is 0.237. The average molecular weight is 407 g/mol. The summed E-state index contributed by atoms with van der Waals surface area (Å²) in [6.07, 6.45) is 2.88. The minimum Gasteiger partial charge on any atom is -0.496 e. The minimum absolute atomic E-state index is 0.0436. The molecule has 0 unspecified atom stereocenters. The lowest BCUT2D eigenvalue weighted by molar-refractivity contribution is -0.116. The number of aryl methyl sites for hydroxylation is 1. The van der Waals surface area contributed by atoms with Gasteiger partial charge >= 0.3 is 0 Å². The zero-order valence-corrected chi connectivity index (χ0v) is 17.1. The summed E-state index contributed by atoms with van der Waals surface area (Å²) in [5, 5.41) is 2.77. The highest BCUT2D eigenvalue weighted by Gasteiger charge is 2.24. The first-order valence-electron chi connectivity index (χ1n) is 8.45. The summed E-state index contributed by atoms with van der Waals surface area (Å²) in [5.74, 6) is 0.688. The maximum absolute atomic E-state index is 13.0. The molecule has 8 heteroatoms. The van der Waals surface area contributed by atoms with Crippen molar-refractivity contribution in [3.8, 4) is 5.75 Å². The van der Waals surface area contributed by atoms with Crippen LogP contribution in [0.5, 0.6) is 5.75 Å². The molecule has 0 atom stereocenters. The van der Waals surface area contributed by atoms with Gasteiger partial charge in [0.25, 0.3) is 0 Å². The van der Waals surface area contributed by atoms with Gasteiger partial charge in [-0.25, -0.2) is 8.42 Å². The molecule has 1 aliphatic heterocycles. The van der Waals surface area contributed by atoms with Crippen LogP contribution in [0.1, 0.15) is 17.5 Å². The van der Waals surface area contributed by atoms with Crippen LogP contribution in [-0.2, 0) is 27.8 Å². The Hall–Kier alpha value is -2.03. The molecule has 3 rings (SSSR count). The fourth-order valence-corrected chi connectivity index (χ4v) is 4.78. The van der Waals surface area contributed by atoms with Gasteiger partial charge in [-0.3, -0.25) is 4.79 Å². The highest BCUT2D eigenvalue weighted by molar-refractivity contribution is 7.98. The van der Waals surface area contributed by atoms with Crippen LogP contribution in [0.2, 0.25) is 0 Å². The molecule has 1 amide bonds. The number of carbonyl (C=O) groups is 1. The normalized spacial score (nSPS) is 14.0. The van der Waals surface area contributed by atoms with E-state index in [1.54, 1.807) is 38.1 Å². The lowest BCUT2D eigenvalue weighted by Crippen LogP contribution is -2.27. The molecule has 0 aromatic heterocycles. The second kappa shape index (κ2) is 7.92. The van der Waals surface area contributed by atoms with E-state index in [1.807, 2.05) is 24.5 Å². The highest BCUT2D eigenvalue weighted by Crippen LogP contribution is 2.30. The van der Waals surface area contributed by atoms with E-state index in [2.05, 4.69) is 5.32 Å². The van der Waals surface area contributed by atoms with Crippen molar-refractivity contribution >= 4 is 33.4 Å². The number of nitrogens with zero attached hydrogens (tertiary/aromatic N) is 1. The van der Waals surface area contributed by atoms with Gasteiger partial charge < -0.3 is 10.1 Å². The molecule has 144 valence electrons. The molecular formula is C19H22N2O4S2. The fourth-order valence-electron chi connectivity index (χ4n) is 3.02. The molecule has 0 saturated heterocycles. The molecule has 6 nitrogen and oxygen atoms in total. The van der Waals surface area contributed by atoms with E-state index in [0.717, 1.165) is 21.8 Å². The van der Waals surface area contributed by atoms with Crippen molar-refractivity contribution in [3.63, 3.8) is 0 Å². The van der Waals surface area contributed by atoms with Crippen molar-refractivity contribution < 1.29 is 17.9 Å². The minimum atomic E-state index is -3.64. The first kappa shape index (κ1) is 19.7. The second-order valence-electron chi connectivity index (χ2n) is 6.32. The van der Waals surface area contributed by atoms with E-state index < -0.39 is 10.0 Å². The summed E-state index contributed by atoms with van der Waals surface area (Å²) in [5.41, 5.74) is 2.38. The summed E-state index contributed by atoms with van der Waals surface area (Å²) < 4.78 is 32.6. The Labute approximate surface area is 164 Å². The predicted octanol–water partition coefficient (Wildman–Crippen LogP) is 3.12. The third kappa shape index (κ3) is 4.12. The Kier molecular flexibility index (Phi) is 5.78. The van der Waals surface area contributed by atoms with E-state index in [0.29, 0.717) is 18.5 Å². The summed E-state index contributed by atoms with van der Waals surface area (Å²) in [4.78, 5) is 12.7. The SMILES string of the molecule is COc1cc(CN(C)S(=O)(=O)c2ccc3c(c2)CCC(=O)N3)ccc1SC. The number of thioether (sulfide) groups is 1. The molecule has 0 fully saturated rings. The van der Waals surface area contributed by atoms with E-state index in [-0.39, 0.29) is 17.3 Å². The molecule has 2 aromatic carbocycles. The van der Waals surface area contributed by atoms with Crippen LogP contribution in [0.4, 0.5) is 5.69 Å². The molecule has 0 bridgehead atoms. The number of rotatable bonds is 6. The molecule has 0 radical (unpaired) electrons. The molecular weight excluding hydrogens is 384 g/mol. The Morgan fingerprint density at radius 3 is 2.67 bits per heavy atom. The smallest absolute Gasteiger partial charge is 0.243 e. The second-order valence-corrected chi connectivity index (χ2v) is 9.21. The van der Waals surface area contributed by atoms with Crippen LogP contribution in [0.15, 0.2) is 46.2 Å². The first-order valence-corrected chi connectivity index (χ1v) is 11.1. The van der Waals surface area contributed by atoms with E-state index in [9.17, 15) is 13.2 Å². The molecule has 1 heterocycles. The van der Waals surface area contributed by atoms with Crippen molar-refractivity contribution in [3.05, 3.63) is 47.5 Å². The zero-order valence-electron chi connectivity index (χ0n) is 15.5. The quantitative estimate of drug-likeness (QED) is 0.746. The van der Waals surface area contributed by atoms with Gasteiger partial charge in [0.15, 0.2) is 0 Å². The van der Waals surface area contributed by atoms with Crippen molar-refractivity contribution in [2.45, 2.75) is 29.2 Å². The number of anilines is 1. The van der Waals surface area contributed by atoms with E-state index in [4.69, 9.17) is 4.74 Å². The standard InChI is InChI=1S/C19H22N2O4S2/c1-21(12-13-4-8-18(26-3)17(10-13)25-2)27(23,24)15-6-7-16-14(11-15)5-9-19(22)20-16/h4,6-8,10-11H,5,9,12H2,1-3H3,(H,20,22). The Bertz CT molecular complexity index is 974. The first-order chi connectivity index (χ1) is 12.8. The third-order valence-electron chi connectivity index (χ3n) is 4.53. The van der Waals surface area contributed by atoms with E-state index in [1.165, 1.54) is 10.4 Å². The summed E-state index contributed by atoms with van der Waals surface area (Å²) in [7, 11) is -0.481. The maximum Gasteiger partial charge on any atom is 0.243 e. The van der Waals surface area contributed by atoms with Crippen LogP contribution in [0.25, 0.3) is 0 Å². The number of hydrogen-bond donors (Lipinski definition) is 1. The number of ether oxygens (including phenoxy) is 1. The molecule has 0 saturated carbocycles. The Balaban J connectivity index is 1.84. The number of hydrogen-bond acceptors (Lipinski definition) is 5. The number of benzene rings is 2. The van der Waals surface area contributed by atoms with Crippen molar-refractivity contribution in [1.82, 2.24) is 4.31 Å². The molecule has 2 aromatic rings. The van der Waals surface area contributed by atoms with Crippen molar-refractivity contribution in [2.24, 2.45) is 0 Å². The van der Waals surface area contributed by atoms with Gasteiger partial charge in [-0.1, -0.05) is 6.07 Å². The topological polar surface area (TPSA) is 75.7 Å². The molecule has 27 heavy (non-hydrogen) atoms. The number of fused-ring (bicyclic) bond motifs is 1. The zero-order chi connectivity index (χ0) is 19.6. The van der Waals surface area contributed by atoms with Crippen molar-refractivity contribution in [2.75, 3.05) is 25.7 Å². The van der Waals surface area contributed by atoms with Gasteiger partial charge in [-0.2, -0.15) is 4.31 Å². The van der Waals surface area contributed by atoms with Crippen LogP contribution in [-0.4, -0.2) is 39.0 Å². The molecule has 0 aliphatic carbocycles. The molecule has 1 aliphatic rings. The van der Waals surface area contributed by atoms with Gasteiger partial charge in [0.05, 0.1) is 12.0 Å². The van der Waals surface area contributed by atoms with Gasteiger partial charge in [0, 0.05) is 30.6 Å². The largest absolute Gasteiger partial charge is 0.496 e. The monoisotopic (exact) mass is 406 g/mol. The summed E-state index contributed by atoms with van der Waals surface area (Å²) >= 11 is 1.58. The molecule has 1 N–H and O–H groups in total. The number of nitrogens with one attached hydrogen (secondary N) is 1. The fraction of sp³-hybridized carbons (Fsp3) is 0.316. The number of methoxy groups -OCH3 is 1. The van der Waals surface area contributed by atoms with Gasteiger partial charge in [0.2, 0.25) is 15.9 Å².